The van der Waals surface area contributed by atoms with E-state index in [-0.39, 0.29) is 12.8 Å². The van der Waals surface area contributed by atoms with Crippen LogP contribution in [0.4, 0.5) is 0 Å². The summed E-state index contributed by atoms with van der Waals surface area (Å²) in [7, 11) is 0. The first-order chi connectivity index (χ1) is 10.2. The van der Waals surface area contributed by atoms with E-state index in [1.165, 1.54) is 0 Å². The number of aromatic nitrogens is 1. The van der Waals surface area contributed by atoms with Crippen LogP contribution in [0.5, 0.6) is 11.5 Å². The van der Waals surface area contributed by atoms with Gasteiger partial charge in [0.1, 0.15) is 0 Å². The molecule has 5 heteroatoms. The number of ether oxygens (including phenoxy) is 2. The van der Waals surface area contributed by atoms with Gasteiger partial charge in [0.25, 0.3) is 0 Å². The Morgan fingerprint density at radius 3 is 2.90 bits per heavy atom. The van der Waals surface area contributed by atoms with Gasteiger partial charge in [0.05, 0.1) is 6.10 Å². The molecule has 110 valence electrons. The van der Waals surface area contributed by atoms with E-state index in [4.69, 9.17) is 9.47 Å². The quantitative estimate of drug-likeness (QED) is 0.882. The molecule has 0 fully saturated rings. The van der Waals surface area contributed by atoms with Crippen molar-refractivity contribution in [2.75, 3.05) is 13.3 Å². The van der Waals surface area contributed by atoms with Crippen LogP contribution in [0.3, 0.4) is 0 Å². The molecule has 2 aromatic rings. The average Bonchev–Trinajstić information content (AvgIpc) is 3.00. The third kappa shape index (κ3) is 3.15. The van der Waals surface area contributed by atoms with Gasteiger partial charge in [0.2, 0.25) is 6.79 Å². The Hall–Kier alpha value is -2.11. The zero-order chi connectivity index (χ0) is 14.7. The van der Waals surface area contributed by atoms with E-state index in [9.17, 15) is 5.11 Å². The van der Waals surface area contributed by atoms with Crippen LogP contribution in [0.15, 0.2) is 42.7 Å². The number of aliphatic hydroxyl groups is 1. The van der Waals surface area contributed by atoms with Crippen LogP contribution in [-0.2, 0) is 0 Å². The van der Waals surface area contributed by atoms with Gasteiger partial charge in [0, 0.05) is 25.0 Å². The number of benzene rings is 1. The molecular formula is C16H18N2O3. The van der Waals surface area contributed by atoms with E-state index in [1.54, 1.807) is 6.20 Å². The number of pyridine rings is 1. The topological polar surface area (TPSA) is 63.6 Å². The smallest absolute Gasteiger partial charge is 0.231 e. The van der Waals surface area contributed by atoms with E-state index < -0.39 is 6.10 Å². The second-order valence-corrected chi connectivity index (χ2v) is 5.04. The molecule has 21 heavy (non-hydrogen) atoms. The van der Waals surface area contributed by atoms with Gasteiger partial charge in [-0.25, -0.2) is 0 Å². The lowest BCUT2D eigenvalue weighted by Crippen LogP contribution is -2.24. The van der Waals surface area contributed by atoms with Crippen molar-refractivity contribution in [3.8, 4) is 11.5 Å². The van der Waals surface area contributed by atoms with Crippen molar-refractivity contribution in [2.45, 2.75) is 19.1 Å². The highest BCUT2D eigenvalue weighted by Gasteiger charge is 2.17. The summed E-state index contributed by atoms with van der Waals surface area (Å²) in [6.07, 6.45) is 2.97. The van der Waals surface area contributed by atoms with Crippen LogP contribution >= 0.6 is 0 Å². The normalized spacial score (nSPS) is 15.7. The van der Waals surface area contributed by atoms with E-state index in [2.05, 4.69) is 10.3 Å². The number of rotatable bonds is 5. The molecule has 1 aromatic carbocycles. The van der Waals surface area contributed by atoms with Crippen LogP contribution in [0.1, 0.15) is 30.2 Å². The molecule has 0 spiro atoms. The molecule has 2 atom stereocenters. The standard InChI is InChI=1S/C16H18N2O3/c1-11(13-3-2-6-17-8-13)18-9-14(19)12-4-5-15-16(7-12)21-10-20-15/h2-8,11,14,18-19H,9-10H2,1H3/t11-,14?/m1/s1. The fraction of sp³-hybridized carbons (Fsp3) is 0.312. The van der Waals surface area contributed by atoms with Crippen molar-refractivity contribution >= 4 is 0 Å². The van der Waals surface area contributed by atoms with Gasteiger partial charge >= 0.3 is 0 Å². The highest BCUT2D eigenvalue weighted by molar-refractivity contribution is 5.45. The summed E-state index contributed by atoms with van der Waals surface area (Å²) in [4.78, 5) is 4.10. The van der Waals surface area contributed by atoms with Crippen molar-refractivity contribution in [1.82, 2.24) is 10.3 Å². The van der Waals surface area contributed by atoms with Crippen molar-refractivity contribution in [1.29, 1.82) is 0 Å². The van der Waals surface area contributed by atoms with Gasteiger partial charge in [-0.2, -0.15) is 0 Å². The average molecular weight is 286 g/mol. The molecule has 0 amide bonds. The van der Waals surface area contributed by atoms with E-state index in [0.717, 1.165) is 16.9 Å². The Balaban J connectivity index is 1.60. The van der Waals surface area contributed by atoms with Crippen LogP contribution < -0.4 is 14.8 Å². The SMILES string of the molecule is C[C@@H](NCC(O)c1ccc2c(c1)OCO2)c1cccnc1. The molecular weight excluding hydrogens is 268 g/mol. The molecule has 0 aliphatic carbocycles. The van der Waals surface area contributed by atoms with Crippen molar-refractivity contribution in [3.63, 3.8) is 0 Å². The highest BCUT2D eigenvalue weighted by Crippen LogP contribution is 2.34. The molecule has 1 aliphatic rings. The van der Waals surface area contributed by atoms with E-state index in [0.29, 0.717) is 12.3 Å². The van der Waals surface area contributed by atoms with Gasteiger partial charge in [0.15, 0.2) is 11.5 Å². The molecule has 2 N–H and O–H groups in total. The van der Waals surface area contributed by atoms with Crippen molar-refractivity contribution in [2.24, 2.45) is 0 Å². The minimum absolute atomic E-state index is 0.127. The van der Waals surface area contributed by atoms with Crippen LogP contribution in [0, 0.1) is 0 Å². The number of hydrogen-bond acceptors (Lipinski definition) is 5. The minimum atomic E-state index is -0.598. The summed E-state index contributed by atoms with van der Waals surface area (Å²) in [5.74, 6) is 1.41. The molecule has 3 rings (SSSR count). The van der Waals surface area contributed by atoms with Crippen LogP contribution in [0.2, 0.25) is 0 Å². The molecule has 1 aromatic heterocycles. The minimum Gasteiger partial charge on any atom is -0.454 e. The third-order valence-electron chi connectivity index (χ3n) is 3.58. The van der Waals surface area contributed by atoms with Gasteiger partial charge in [-0.1, -0.05) is 12.1 Å². The van der Waals surface area contributed by atoms with Gasteiger partial charge < -0.3 is 19.9 Å². The maximum absolute atomic E-state index is 10.3. The maximum atomic E-state index is 10.3. The third-order valence-corrected chi connectivity index (χ3v) is 3.58. The lowest BCUT2D eigenvalue weighted by molar-refractivity contribution is 0.168. The largest absolute Gasteiger partial charge is 0.454 e. The Bertz CT molecular complexity index is 604. The zero-order valence-corrected chi connectivity index (χ0v) is 11.8. The van der Waals surface area contributed by atoms with Crippen LogP contribution in [0.25, 0.3) is 0 Å². The van der Waals surface area contributed by atoms with Gasteiger partial charge in [-0.05, 0) is 36.2 Å². The van der Waals surface area contributed by atoms with E-state index in [1.807, 2.05) is 43.5 Å². The summed E-state index contributed by atoms with van der Waals surface area (Å²) >= 11 is 0. The Morgan fingerprint density at radius 1 is 1.24 bits per heavy atom. The Labute approximate surface area is 123 Å². The zero-order valence-electron chi connectivity index (χ0n) is 11.8. The monoisotopic (exact) mass is 286 g/mol. The lowest BCUT2D eigenvalue weighted by atomic mass is 10.1. The number of fused-ring (bicyclic) bond motifs is 1. The second kappa shape index (κ2) is 6.11. The number of nitrogens with zero attached hydrogens (tertiary/aromatic N) is 1. The summed E-state index contributed by atoms with van der Waals surface area (Å²) in [5.41, 5.74) is 1.90. The molecule has 1 unspecified atom stereocenters. The van der Waals surface area contributed by atoms with Crippen molar-refractivity contribution in [3.05, 3.63) is 53.9 Å². The van der Waals surface area contributed by atoms with Gasteiger partial charge in [-0.15, -0.1) is 0 Å². The molecule has 5 nitrogen and oxygen atoms in total. The maximum Gasteiger partial charge on any atom is 0.231 e. The summed E-state index contributed by atoms with van der Waals surface area (Å²) in [6.45, 7) is 2.74. The first kappa shape index (κ1) is 13.9. The predicted octanol–water partition coefficient (Wildman–Crippen LogP) is 2.19. The van der Waals surface area contributed by atoms with Gasteiger partial charge in [-0.3, -0.25) is 4.98 Å². The predicted molar refractivity (Wildman–Crippen MR) is 78.2 cm³/mol. The first-order valence-corrected chi connectivity index (χ1v) is 6.95. The highest BCUT2D eigenvalue weighted by atomic mass is 16.7. The first-order valence-electron chi connectivity index (χ1n) is 6.95. The summed E-state index contributed by atoms with van der Waals surface area (Å²) < 4.78 is 10.6. The lowest BCUT2D eigenvalue weighted by Gasteiger charge is -2.17. The van der Waals surface area contributed by atoms with Crippen molar-refractivity contribution < 1.29 is 14.6 Å². The number of aliphatic hydroxyl groups excluding tert-OH is 1. The molecule has 0 saturated heterocycles. The molecule has 1 aliphatic heterocycles. The number of hydrogen-bond donors (Lipinski definition) is 2. The van der Waals surface area contributed by atoms with E-state index >= 15 is 0 Å². The summed E-state index contributed by atoms with van der Waals surface area (Å²) in [6, 6.07) is 9.55. The second-order valence-electron chi connectivity index (χ2n) is 5.04. The fourth-order valence-electron chi connectivity index (χ4n) is 2.28. The number of nitrogens with one attached hydrogen (secondary N) is 1. The Morgan fingerprint density at radius 2 is 2.10 bits per heavy atom. The summed E-state index contributed by atoms with van der Waals surface area (Å²) in [5, 5.41) is 13.6. The molecule has 0 saturated carbocycles. The molecule has 0 bridgehead atoms. The van der Waals surface area contributed by atoms with Crippen LogP contribution in [-0.4, -0.2) is 23.4 Å². The molecule has 0 radical (unpaired) electrons. The molecule has 2 heterocycles. The Kier molecular flexibility index (Phi) is 4.03. The fourth-order valence-corrected chi connectivity index (χ4v) is 2.28.